The summed E-state index contributed by atoms with van der Waals surface area (Å²) in [5.41, 5.74) is 2.05. The van der Waals surface area contributed by atoms with E-state index in [0.717, 1.165) is 15.6 Å². The van der Waals surface area contributed by atoms with Crippen molar-refractivity contribution in [3.05, 3.63) is 69.4 Å². The van der Waals surface area contributed by atoms with Gasteiger partial charge in [-0.05, 0) is 48.4 Å². The van der Waals surface area contributed by atoms with Crippen molar-refractivity contribution in [1.82, 2.24) is 5.32 Å². The van der Waals surface area contributed by atoms with Crippen LogP contribution in [0.3, 0.4) is 0 Å². The molecule has 4 heteroatoms. The van der Waals surface area contributed by atoms with Gasteiger partial charge in [0.1, 0.15) is 5.82 Å². The number of aryl methyl sites for hydroxylation is 1. The molecule has 0 aliphatic rings. The lowest BCUT2D eigenvalue weighted by Crippen LogP contribution is -2.23. The highest BCUT2D eigenvalue weighted by atomic mass is 79.9. The van der Waals surface area contributed by atoms with E-state index >= 15 is 0 Å². The molecule has 98 valence electrons. The Morgan fingerprint density at radius 1 is 1.26 bits per heavy atom. The second kappa shape index (κ2) is 5.97. The van der Waals surface area contributed by atoms with Crippen molar-refractivity contribution < 1.29 is 9.18 Å². The second-order valence-electron chi connectivity index (χ2n) is 4.33. The van der Waals surface area contributed by atoms with Gasteiger partial charge >= 0.3 is 0 Å². The van der Waals surface area contributed by atoms with Gasteiger partial charge in [0.25, 0.3) is 5.91 Å². The molecule has 2 aromatic rings. The van der Waals surface area contributed by atoms with Crippen LogP contribution in [0, 0.1) is 12.7 Å². The van der Waals surface area contributed by atoms with Crippen molar-refractivity contribution >= 4 is 21.8 Å². The predicted molar refractivity (Wildman–Crippen MR) is 76.4 cm³/mol. The minimum Gasteiger partial charge on any atom is -0.348 e. The van der Waals surface area contributed by atoms with Crippen LogP contribution in [0.5, 0.6) is 0 Å². The van der Waals surface area contributed by atoms with Gasteiger partial charge in [0.15, 0.2) is 0 Å². The summed E-state index contributed by atoms with van der Waals surface area (Å²) < 4.78 is 14.2. The minimum absolute atomic E-state index is 0.275. The Labute approximate surface area is 119 Å². The summed E-state index contributed by atoms with van der Waals surface area (Å²) in [6.07, 6.45) is 0. The molecule has 0 aliphatic carbocycles. The Balaban J connectivity index is 2.05. The van der Waals surface area contributed by atoms with Gasteiger partial charge in [-0.25, -0.2) is 4.39 Å². The van der Waals surface area contributed by atoms with Crippen LogP contribution in [0.1, 0.15) is 21.5 Å². The Bertz CT molecular complexity index is 593. The zero-order valence-electron chi connectivity index (χ0n) is 10.4. The van der Waals surface area contributed by atoms with Crippen LogP contribution >= 0.6 is 15.9 Å². The fraction of sp³-hybridized carbons (Fsp3) is 0.133. The molecule has 0 aliphatic heterocycles. The molecule has 1 N–H and O–H groups in total. The van der Waals surface area contributed by atoms with Crippen molar-refractivity contribution in [3.63, 3.8) is 0 Å². The number of amides is 1. The van der Waals surface area contributed by atoms with Crippen molar-refractivity contribution in [2.75, 3.05) is 0 Å². The SMILES string of the molecule is Cc1cc(F)cc(C(=O)NCc2cccc(Br)c2)c1. The van der Waals surface area contributed by atoms with Crippen LogP contribution in [0.2, 0.25) is 0 Å². The quantitative estimate of drug-likeness (QED) is 0.914. The summed E-state index contributed by atoms with van der Waals surface area (Å²) in [5, 5.41) is 2.77. The summed E-state index contributed by atoms with van der Waals surface area (Å²) in [4.78, 5) is 11.9. The maximum absolute atomic E-state index is 13.2. The molecule has 2 aromatic carbocycles. The third-order valence-electron chi connectivity index (χ3n) is 2.65. The average molecular weight is 322 g/mol. The number of hydrogen-bond donors (Lipinski definition) is 1. The van der Waals surface area contributed by atoms with E-state index < -0.39 is 5.82 Å². The number of carbonyl (C=O) groups excluding carboxylic acids is 1. The number of benzene rings is 2. The molecule has 0 saturated heterocycles. The second-order valence-corrected chi connectivity index (χ2v) is 5.25. The van der Waals surface area contributed by atoms with E-state index in [1.807, 2.05) is 24.3 Å². The number of rotatable bonds is 3. The summed E-state index contributed by atoms with van der Waals surface area (Å²) in [6, 6.07) is 12.0. The highest BCUT2D eigenvalue weighted by molar-refractivity contribution is 9.10. The summed E-state index contributed by atoms with van der Waals surface area (Å²) >= 11 is 3.37. The first kappa shape index (κ1) is 13.7. The first-order valence-corrected chi connectivity index (χ1v) is 6.64. The van der Waals surface area contributed by atoms with E-state index in [-0.39, 0.29) is 5.91 Å². The van der Waals surface area contributed by atoms with E-state index in [9.17, 15) is 9.18 Å². The highest BCUT2D eigenvalue weighted by Gasteiger charge is 2.07. The van der Waals surface area contributed by atoms with Gasteiger partial charge in [0, 0.05) is 16.6 Å². The first-order chi connectivity index (χ1) is 9.04. The lowest BCUT2D eigenvalue weighted by Gasteiger charge is -2.07. The molecule has 0 unspecified atom stereocenters. The van der Waals surface area contributed by atoms with Gasteiger partial charge < -0.3 is 5.32 Å². The zero-order valence-corrected chi connectivity index (χ0v) is 12.0. The van der Waals surface area contributed by atoms with Crippen molar-refractivity contribution in [2.24, 2.45) is 0 Å². The fourth-order valence-electron chi connectivity index (χ4n) is 1.80. The molecule has 0 fully saturated rings. The molecular formula is C15H13BrFNO. The van der Waals surface area contributed by atoms with Gasteiger partial charge in [0.05, 0.1) is 0 Å². The van der Waals surface area contributed by atoms with Gasteiger partial charge in [-0.15, -0.1) is 0 Å². The molecule has 0 atom stereocenters. The number of halogens is 2. The van der Waals surface area contributed by atoms with Crippen LogP contribution < -0.4 is 5.32 Å². The van der Waals surface area contributed by atoms with Crippen LogP contribution in [0.4, 0.5) is 4.39 Å². The van der Waals surface area contributed by atoms with Gasteiger partial charge in [-0.2, -0.15) is 0 Å². The highest BCUT2D eigenvalue weighted by Crippen LogP contribution is 2.12. The van der Waals surface area contributed by atoms with E-state index in [4.69, 9.17) is 0 Å². The van der Waals surface area contributed by atoms with Crippen molar-refractivity contribution in [2.45, 2.75) is 13.5 Å². The molecule has 2 nitrogen and oxygen atoms in total. The van der Waals surface area contributed by atoms with Gasteiger partial charge in [-0.1, -0.05) is 28.1 Å². The van der Waals surface area contributed by atoms with Crippen LogP contribution in [0.25, 0.3) is 0 Å². The van der Waals surface area contributed by atoms with Gasteiger partial charge in [0.2, 0.25) is 0 Å². The lowest BCUT2D eigenvalue weighted by molar-refractivity contribution is 0.0950. The Hall–Kier alpha value is -1.68. The third kappa shape index (κ3) is 3.89. The smallest absolute Gasteiger partial charge is 0.251 e. The predicted octanol–water partition coefficient (Wildman–Crippen LogP) is 3.83. The standard InChI is InChI=1S/C15H13BrFNO/c1-10-5-12(8-14(17)6-10)15(19)18-9-11-3-2-4-13(16)7-11/h2-8H,9H2,1H3,(H,18,19). The summed E-state index contributed by atoms with van der Waals surface area (Å²) in [6.45, 7) is 2.17. The lowest BCUT2D eigenvalue weighted by atomic mass is 10.1. The topological polar surface area (TPSA) is 29.1 Å². The number of hydrogen-bond acceptors (Lipinski definition) is 1. The molecule has 0 spiro atoms. The van der Waals surface area contributed by atoms with Crippen LogP contribution in [-0.4, -0.2) is 5.91 Å². The van der Waals surface area contributed by atoms with Crippen molar-refractivity contribution in [3.8, 4) is 0 Å². The molecule has 0 aromatic heterocycles. The van der Waals surface area contributed by atoms with E-state index in [1.165, 1.54) is 12.1 Å². The summed E-state index contributed by atoms with van der Waals surface area (Å²) in [5.74, 6) is -0.671. The Kier molecular flexibility index (Phi) is 4.32. The third-order valence-corrected chi connectivity index (χ3v) is 3.14. The van der Waals surface area contributed by atoms with Crippen molar-refractivity contribution in [1.29, 1.82) is 0 Å². The zero-order chi connectivity index (χ0) is 13.8. The largest absolute Gasteiger partial charge is 0.348 e. The molecule has 2 rings (SSSR count). The van der Waals surface area contributed by atoms with Gasteiger partial charge in [-0.3, -0.25) is 4.79 Å². The molecule has 0 radical (unpaired) electrons. The van der Waals surface area contributed by atoms with E-state index in [1.54, 1.807) is 13.0 Å². The average Bonchev–Trinajstić information content (AvgIpc) is 2.35. The monoisotopic (exact) mass is 321 g/mol. The maximum Gasteiger partial charge on any atom is 0.251 e. The van der Waals surface area contributed by atoms with Crippen LogP contribution in [0.15, 0.2) is 46.9 Å². The molecule has 1 amide bonds. The minimum atomic E-state index is -0.396. The van der Waals surface area contributed by atoms with Crippen LogP contribution in [-0.2, 0) is 6.54 Å². The Morgan fingerprint density at radius 3 is 2.74 bits per heavy atom. The number of carbonyl (C=O) groups is 1. The summed E-state index contributed by atoms with van der Waals surface area (Å²) in [7, 11) is 0. The molecular weight excluding hydrogens is 309 g/mol. The molecule has 0 bridgehead atoms. The first-order valence-electron chi connectivity index (χ1n) is 5.84. The molecule has 0 heterocycles. The Morgan fingerprint density at radius 2 is 2.05 bits per heavy atom. The molecule has 0 saturated carbocycles. The van der Waals surface area contributed by atoms with E-state index in [2.05, 4.69) is 21.2 Å². The fourth-order valence-corrected chi connectivity index (χ4v) is 2.25. The molecule has 19 heavy (non-hydrogen) atoms. The normalized spacial score (nSPS) is 10.3. The number of nitrogens with one attached hydrogen (secondary N) is 1. The van der Waals surface area contributed by atoms with E-state index in [0.29, 0.717) is 12.1 Å². The maximum atomic E-state index is 13.2.